The maximum atomic E-state index is 13.2. The molecule has 0 N–H and O–H groups in total. The summed E-state index contributed by atoms with van der Waals surface area (Å²) in [4.78, 5) is 20.0. The molecule has 8 heteroatoms. The summed E-state index contributed by atoms with van der Waals surface area (Å²) in [5, 5.41) is 4.40. The van der Waals surface area contributed by atoms with Crippen LogP contribution in [0.4, 0.5) is 16.1 Å². The summed E-state index contributed by atoms with van der Waals surface area (Å²) in [7, 11) is 0. The summed E-state index contributed by atoms with van der Waals surface area (Å²) in [6, 6.07) is 5.04. The van der Waals surface area contributed by atoms with E-state index in [2.05, 4.69) is 10.1 Å². The number of halogens is 1. The number of rotatable bonds is 3. The fraction of sp³-hybridized carbons (Fsp3) is 0.353. The molecule has 0 radical (unpaired) electrons. The largest absolute Gasteiger partial charge is 0.423 e. The molecule has 2 fully saturated rings. The van der Waals surface area contributed by atoms with Crippen LogP contribution in [0.5, 0.6) is 0 Å². The Kier molecular flexibility index (Phi) is 3.06. The van der Waals surface area contributed by atoms with Crippen LogP contribution < -0.4 is 9.80 Å². The van der Waals surface area contributed by atoms with Crippen molar-refractivity contribution >= 4 is 28.7 Å². The van der Waals surface area contributed by atoms with Gasteiger partial charge in [0, 0.05) is 38.3 Å². The standard InChI is InChI=1S/C17H16FN5O2/c18-11-3-4-14-15(6-11)25-17(20-14)21-8-13(9-21)23-10-12(7-19-23)22-5-1-2-16(22)24/h3-4,6-7,10,13H,1-2,5,8-9H2. The number of carbonyl (C=O) groups excluding carboxylic acids is 1. The summed E-state index contributed by atoms with van der Waals surface area (Å²) >= 11 is 0. The molecule has 5 rings (SSSR count). The fourth-order valence-corrected chi connectivity index (χ4v) is 3.39. The first-order valence-corrected chi connectivity index (χ1v) is 8.33. The van der Waals surface area contributed by atoms with E-state index in [4.69, 9.17) is 4.42 Å². The Balaban J connectivity index is 1.29. The molecule has 2 aliphatic rings. The number of fused-ring (bicyclic) bond motifs is 1. The lowest BCUT2D eigenvalue weighted by atomic mass is 10.1. The van der Waals surface area contributed by atoms with Crippen LogP contribution >= 0.6 is 0 Å². The van der Waals surface area contributed by atoms with Crippen LogP contribution in [0.3, 0.4) is 0 Å². The van der Waals surface area contributed by atoms with Gasteiger partial charge in [-0.2, -0.15) is 10.1 Å². The van der Waals surface area contributed by atoms with Gasteiger partial charge >= 0.3 is 0 Å². The topological polar surface area (TPSA) is 67.4 Å². The Bertz CT molecular complexity index is 959. The fourth-order valence-electron chi connectivity index (χ4n) is 3.39. The van der Waals surface area contributed by atoms with Crippen LogP contribution in [0.25, 0.3) is 11.1 Å². The molecule has 128 valence electrons. The second kappa shape index (κ2) is 5.30. The van der Waals surface area contributed by atoms with Gasteiger partial charge < -0.3 is 14.2 Å². The van der Waals surface area contributed by atoms with Crippen LogP contribution in [0, 0.1) is 5.82 Å². The molecule has 0 aliphatic carbocycles. The third kappa shape index (κ3) is 2.36. The minimum Gasteiger partial charge on any atom is -0.423 e. The molecule has 7 nitrogen and oxygen atoms in total. The minimum atomic E-state index is -0.336. The predicted molar refractivity (Wildman–Crippen MR) is 89.0 cm³/mol. The number of aromatic nitrogens is 3. The molecule has 0 bridgehead atoms. The van der Waals surface area contributed by atoms with E-state index in [1.807, 2.05) is 15.8 Å². The Morgan fingerprint density at radius 3 is 2.96 bits per heavy atom. The van der Waals surface area contributed by atoms with E-state index in [9.17, 15) is 9.18 Å². The van der Waals surface area contributed by atoms with Crippen molar-refractivity contribution in [2.24, 2.45) is 0 Å². The molecule has 0 spiro atoms. The summed E-state index contributed by atoms with van der Waals surface area (Å²) < 4.78 is 20.8. The summed E-state index contributed by atoms with van der Waals surface area (Å²) in [5.41, 5.74) is 1.96. The maximum Gasteiger partial charge on any atom is 0.298 e. The molecular weight excluding hydrogens is 325 g/mol. The lowest BCUT2D eigenvalue weighted by molar-refractivity contribution is -0.117. The summed E-state index contributed by atoms with van der Waals surface area (Å²) in [6.45, 7) is 2.19. The highest BCUT2D eigenvalue weighted by Gasteiger charge is 2.33. The third-order valence-electron chi connectivity index (χ3n) is 4.82. The number of oxazole rings is 1. The Morgan fingerprint density at radius 1 is 1.28 bits per heavy atom. The Hall–Kier alpha value is -2.90. The van der Waals surface area contributed by atoms with Gasteiger partial charge in [0.25, 0.3) is 6.01 Å². The second-order valence-electron chi connectivity index (χ2n) is 6.49. The molecule has 2 saturated heterocycles. The highest BCUT2D eigenvalue weighted by Crippen LogP contribution is 2.31. The van der Waals surface area contributed by atoms with Crippen LogP contribution in [0.1, 0.15) is 18.9 Å². The Labute approximate surface area is 142 Å². The van der Waals surface area contributed by atoms with E-state index < -0.39 is 0 Å². The van der Waals surface area contributed by atoms with Crippen molar-refractivity contribution in [1.29, 1.82) is 0 Å². The molecule has 2 aromatic heterocycles. The van der Waals surface area contributed by atoms with E-state index in [1.165, 1.54) is 12.1 Å². The van der Waals surface area contributed by atoms with Gasteiger partial charge in [-0.15, -0.1) is 0 Å². The minimum absolute atomic E-state index is 0.161. The zero-order valence-corrected chi connectivity index (χ0v) is 13.4. The van der Waals surface area contributed by atoms with Gasteiger partial charge in [0.05, 0.1) is 17.9 Å². The normalized spacial score (nSPS) is 18.4. The average molecular weight is 341 g/mol. The van der Waals surface area contributed by atoms with Gasteiger partial charge in [0.1, 0.15) is 11.3 Å². The van der Waals surface area contributed by atoms with Crippen molar-refractivity contribution in [3.05, 3.63) is 36.4 Å². The molecule has 3 aromatic rings. The molecule has 2 aliphatic heterocycles. The second-order valence-corrected chi connectivity index (χ2v) is 6.49. The van der Waals surface area contributed by atoms with Gasteiger partial charge in [-0.05, 0) is 18.6 Å². The molecule has 1 aromatic carbocycles. The monoisotopic (exact) mass is 341 g/mol. The lowest BCUT2D eigenvalue weighted by Crippen LogP contribution is -2.48. The van der Waals surface area contributed by atoms with Gasteiger partial charge in [-0.1, -0.05) is 0 Å². The molecule has 0 saturated carbocycles. The number of carbonyl (C=O) groups is 1. The third-order valence-corrected chi connectivity index (χ3v) is 4.82. The quantitative estimate of drug-likeness (QED) is 0.731. The highest BCUT2D eigenvalue weighted by molar-refractivity contribution is 5.95. The van der Waals surface area contributed by atoms with E-state index in [-0.39, 0.29) is 17.8 Å². The van der Waals surface area contributed by atoms with Crippen LogP contribution in [-0.2, 0) is 4.79 Å². The van der Waals surface area contributed by atoms with Crippen molar-refractivity contribution in [2.45, 2.75) is 18.9 Å². The van der Waals surface area contributed by atoms with Crippen LogP contribution in [0.2, 0.25) is 0 Å². The average Bonchev–Trinajstić information content (AvgIpc) is 3.24. The van der Waals surface area contributed by atoms with Crippen LogP contribution in [-0.4, -0.2) is 40.3 Å². The van der Waals surface area contributed by atoms with Gasteiger partial charge in [-0.3, -0.25) is 9.48 Å². The van der Waals surface area contributed by atoms with E-state index in [0.29, 0.717) is 36.6 Å². The number of benzene rings is 1. The van der Waals surface area contributed by atoms with Crippen molar-refractivity contribution in [1.82, 2.24) is 14.8 Å². The zero-order chi connectivity index (χ0) is 17.0. The highest BCUT2D eigenvalue weighted by atomic mass is 19.1. The van der Waals surface area contributed by atoms with E-state index >= 15 is 0 Å². The van der Waals surface area contributed by atoms with Crippen molar-refractivity contribution < 1.29 is 13.6 Å². The molecular formula is C17H16FN5O2. The van der Waals surface area contributed by atoms with Crippen molar-refractivity contribution in [3.8, 4) is 0 Å². The Morgan fingerprint density at radius 2 is 2.16 bits per heavy atom. The van der Waals surface area contributed by atoms with Gasteiger partial charge in [0.15, 0.2) is 5.58 Å². The molecule has 1 amide bonds. The number of amides is 1. The number of hydrogen-bond acceptors (Lipinski definition) is 5. The first kappa shape index (κ1) is 14.4. The van der Waals surface area contributed by atoms with Gasteiger partial charge in [0.2, 0.25) is 5.91 Å². The number of anilines is 2. The van der Waals surface area contributed by atoms with E-state index in [1.54, 1.807) is 17.2 Å². The maximum absolute atomic E-state index is 13.2. The molecule has 4 heterocycles. The predicted octanol–water partition coefficient (Wildman–Crippen LogP) is 2.35. The lowest BCUT2D eigenvalue weighted by Gasteiger charge is -2.37. The molecule has 0 atom stereocenters. The smallest absolute Gasteiger partial charge is 0.298 e. The van der Waals surface area contributed by atoms with Crippen molar-refractivity contribution in [3.63, 3.8) is 0 Å². The van der Waals surface area contributed by atoms with Gasteiger partial charge in [-0.25, -0.2) is 4.39 Å². The number of nitrogens with zero attached hydrogens (tertiary/aromatic N) is 5. The first-order valence-electron chi connectivity index (χ1n) is 8.33. The summed E-state index contributed by atoms with van der Waals surface area (Å²) in [5.74, 6) is -0.175. The zero-order valence-electron chi connectivity index (χ0n) is 13.4. The van der Waals surface area contributed by atoms with Crippen molar-refractivity contribution in [2.75, 3.05) is 29.4 Å². The molecule has 0 unspecified atom stereocenters. The molecule has 25 heavy (non-hydrogen) atoms. The first-order chi connectivity index (χ1) is 12.2. The SMILES string of the molecule is O=C1CCCN1c1cnn(C2CN(c3nc4ccc(F)cc4o3)C2)c1. The number of hydrogen-bond donors (Lipinski definition) is 0. The summed E-state index contributed by atoms with van der Waals surface area (Å²) in [6.07, 6.45) is 5.18. The van der Waals surface area contributed by atoms with E-state index in [0.717, 1.165) is 18.7 Å². The van der Waals surface area contributed by atoms with Crippen LogP contribution in [0.15, 0.2) is 35.0 Å².